The second kappa shape index (κ2) is 8.32. The van der Waals surface area contributed by atoms with Crippen LogP contribution in [0.15, 0.2) is 56.7 Å². The Kier molecular flexibility index (Phi) is 6.42. The quantitative estimate of drug-likeness (QED) is 0.248. The molecule has 7 heteroatoms. The smallest absolute Gasteiger partial charge is 0.270 e. The zero-order valence-corrected chi connectivity index (χ0v) is 15.3. The van der Waals surface area contributed by atoms with Crippen molar-refractivity contribution in [1.29, 1.82) is 0 Å². The molecule has 0 aliphatic heterocycles. The third kappa shape index (κ3) is 5.09. The average Bonchev–Trinajstić information content (AvgIpc) is 2.53. The Hall–Kier alpha value is -1.83. The molecule has 2 aromatic rings. The van der Waals surface area contributed by atoms with Gasteiger partial charge in [-0.15, -0.1) is 11.8 Å². The van der Waals surface area contributed by atoms with Crippen molar-refractivity contribution in [2.75, 3.05) is 0 Å². The van der Waals surface area contributed by atoms with Crippen LogP contribution in [-0.4, -0.2) is 20.9 Å². The maximum Gasteiger partial charge on any atom is 0.270 e. The van der Waals surface area contributed by atoms with E-state index in [0.29, 0.717) is 15.7 Å². The molecule has 0 amide bonds. The molecule has 0 aliphatic rings. The lowest BCUT2D eigenvalue weighted by atomic mass is 10.2. The third-order valence-corrected chi connectivity index (χ3v) is 5.15. The molecular weight excluding hydrogens is 344 g/mol. The summed E-state index contributed by atoms with van der Waals surface area (Å²) >= 11 is 0.0420. The molecule has 0 aromatic heterocycles. The lowest BCUT2D eigenvalue weighted by Gasteiger charge is -2.08. The number of rotatable bonds is 6. The van der Waals surface area contributed by atoms with Gasteiger partial charge in [-0.1, -0.05) is 35.9 Å². The van der Waals surface area contributed by atoms with E-state index in [-0.39, 0.29) is 5.69 Å². The first-order valence-corrected chi connectivity index (χ1v) is 9.33. The highest BCUT2D eigenvalue weighted by atomic mass is 32.2. The van der Waals surface area contributed by atoms with E-state index < -0.39 is 16.3 Å². The predicted molar refractivity (Wildman–Crippen MR) is 99.3 cm³/mol. The van der Waals surface area contributed by atoms with Crippen molar-refractivity contribution in [1.82, 2.24) is 0 Å². The standard InChI is InChI=1S/C17H18N2O3S2/c1-12(2)23-17-9-6-15(19(20)21)10-14(17)11-18-24(22)16-7-4-13(3)5-8-16/h4-12H,1-3H3/t24-/m0/s1. The third-order valence-electron chi connectivity index (χ3n) is 3.08. The van der Waals surface area contributed by atoms with Crippen molar-refractivity contribution >= 4 is 35.0 Å². The normalized spacial score (nSPS) is 12.7. The summed E-state index contributed by atoms with van der Waals surface area (Å²) in [5, 5.41) is 11.3. The summed E-state index contributed by atoms with van der Waals surface area (Å²) in [4.78, 5) is 12.0. The molecule has 0 bridgehead atoms. The molecule has 0 heterocycles. The summed E-state index contributed by atoms with van der Waals surface area (Å²) in [5.74, 6) is 0. The van der Waals surface area contributed by atoms with Gasteiger partial charge in [0.25, 0.3) is 5.69 Å². The topological polar surface area (TPSA) is 78.6 Å². The molecule has 126 valence electrons. The minimum atomic E-state index is -1.54. The van der Waals surface area contributed by atoms with Gasteiger partial charge >= 0.3 is 0 Å². The van der Waals surface area contributed by atoms with E-state index in [1.54, 1.807) is 30.0 Å². The van der Waals surface area contributed by atoms with Gasteiger partial charge in [-0.3, -0.25) is 10.1 Å². The molecule has 24 heavy (non-hydrogen) atoms. The molecule has 0 unspecified atom stereocenters. The molecule has 0 saturated carbocycles. The van der Waals surface area contributed by atoms with E-state index in [1.807, 2.05) is 32.9 Å². The zero-order valence-electron chi connectivity index (χ0n) is 13.6. The molecule has 5 nitrogen and oxygen atoms in total. The first-order valence-electron chi connectivity index (χ1n) is 7.34. The van der Waals surface area contributed by atoms with Gasteiger partial charge in [0.1, 0.15) is 11.4 Å². The Morgan fingerprint density at radius 1 is 1.21 bits per heavy atom. The minimum absolute atomic E-state index is 0.00863. The van der Waals surface area contributed by atoms with Gasteiger partial charge in [-0.05, 0) is 25.1 Å². The molecule has 0 fully saturated rings. The molecule has 2 rings (SSSR count). The van der Waals surface area contributed by atoms with E-state index >= 15 is 0 Å². The number of hydrogen-bond acceptors (Lipinski definition) is 5. The minimum Gasteiger partial charge on any atom is -0.586 e. The number of non-ortho nitro benzene ring substituents is 1. The summed E-state index contributed by atoms with van der Waals surface area (Å²) < 4.78 is 16.3. The van der Waals surface area contributed by atoms with Crippen molar-refractivity contribution < 1.29 is 9.48 Å². The average molecular weight is 362 g/mol. The maximum atomic E-state index is 12.3. The van der Waals surface area contributed by atoms with Gasteiger partial charge in [0.15, 0.2) is 4.90 Å². The summed E-state index contributed by atoms with van der Waals surface area (Å²) in [6.45, 7) is 6.03. The first kappa shape index (κ1) is 18.5. The fraction of sp³-hybridized carbons (Fsp3) is 0.235. The number of nitro groups is 1. The van der Waals surface area contributed by atoms with Crippen LogP contribution in [0.25, 0.3) is 0 Å². The van der Waals surface area contributed by atoms with E-state index in [2.05, 4.69) is 4.40 Å². The van der Waals surface area contributed by atoms with Crippen LogP contribution in [0.5, 0.6) is 0 Å². The summed E-state index contributed by atoms with van der Waals surface area (Å²) in [6, 6.07) is 11.9. The fourth-order valence-electron chi connectivity index (χ4n) is 1.93. The summed E-state index contributed by atoms with van der Waals surface area (Å²) in [5.41, 5.74) is 1.67. The molecule has 0 spiro atoms. The number of thioether (sulfide) groups is 1. The Morgan fingerprint density at radius 3 is 2.46 bits per heavy atom. The number of nitro benzene ring substituents is 1. The van der Waals surface area contributed by atoms with Gasteiger partial charge in [0, 0.05) is 27.8 Å². The van der Waals surface area contributed by atoms with Gasteiger partial charge in [0.2, 0.25) is 0 Å². The van der Waals surface area contributed by atoms with Crippen LogP contribution >= 0.6 is 11.8 Å². The summed E-state index contributed by atoms with van der Waals surface area (Å²) in [7, 11) is 0. The number of nitrogens with zero attached hydrogens (tertiary/aromatic N) is 2. The largest absolute Gasteiger partial charge is 0.586 e. The highest BCUT2D eigenvalue weighted by Gasteiger charge is 2.13. The molecule has 0 N–H and O–H groups in total. The highest BCUT2D eigenvalue weighted by molar-refractivity contribution is 8.00. The van der Waals surface area contributed by atoms with E-state index in [0.717, 1.165) is 10.5 Å². The van der Waals surface area contributed by atoms with Gasteiger partial charge in [-0.2, -0.15) is 0 Å². The molecule has 0 radical (unpaired) electrons. The van der Waals surface area contributed by atoms with Crippen molar-refractivity contribution in [3.05, 3.63) is 63.7 Å². The van der Waals surface area contributed by atoms with Crippen LogP contribution in [0.4, 0.5) is 5.69 Å². The summed E-state index contributed by atoms with van der Waals surface area (Å²) in [6.07, 6.45) is 1.45. The van der Waals surface area contributed by atoms with Crippen LogP contribution in [-0.2, 0) is 11.4 Å². The molecule has 1 atom stereocenters. The second-order valence-corrected chi connectivity index (χ2v) is 8.24. The number of benzene rings is 2. The highest BCUT2D eigenvalue weighted by Crippen LogP contribution is 2.29. The second-order valence-electron chi connectivity index (χ2n) is 5.44. The molecule has 0 saturated heterocycles. The maximum absolute atomic E-state index is 12.3. The Morgan fingerprint density at radius 2 is 1.88 bits per heavy atom. The molecular formula is C17H18N2O3S2. The van der Waals surface area contributed by atoms with Crippen LogP contribution in [0.1, 0.15) is 25.0 Å². The predicted octanol–water partition coefficient (Wildman–Crippen LogP) is 4.55. The molecule has 2 aromatic carbocycles. The molecule has 0 aliphatic carbocycles. The van der Waals surface area contributed by atoms with Crippen LogP contribution < -0.4 is 0 Å². The Balaban J connectivity index is 2.29. The van der Waals surface area contributed by atoms with E-state index in [4.69, 9.17) is 0 Å². The number of aryl methyl sites for hydroxylation is 1. The van der Waals surface area contributed by atoms with Crippen molar-refractivity contribution in [2.45, 2.75) is 35.8 Å². The monoisotopic (exact) mass is 362 g/mol. The lowest BCUT2D eigenvalue weighted by Crippen LogP contribution is -2.00. The fourth-order valence-corrected chi connectivity index (χ4v) is 3.53. The van der Waals surface area contributed by atoms with Gasteiger partial charge in [0.05, 0.1) is 11.1 Å². The van der Waals surface area contributed by atoms with E-state index in [1.165, 1.54) is 18.3 Å². The van der Waals surface area contributed by atoms with Gasteiger partial charge < -0.3 is 4.55 Å². The Bertz CT molecular complexity index is 746. The van der Waals surface area contributed by atoms with Crippen LogP contribution in [0.3, 0.4) is 0 Å². The zero-order chi connectivity index (χ0) is 17.7. The number of hydrogen-bond donors (Lipinski definition) is 0. The van der Waals surface area contributed by atoms with Crippen LogP contribution in [0, 0.1) is 17.0 Å². The van der Waals surface area contributed by atoms with Gasteiger partial charge in [-0.25, -0.2) is 0 Å². The van der Waals surface area contributed by atoms with Crippen molar-refractivity contribution in [3.63, 3.8) is 0 Å². The Labute approximate surface area is 148 Å². The van der Waals surface area contributed by atoms with Crippen molar-refractivity contribution in [2.24, 2.45) is 4.40 Å². The van der Waals surface area contributed by atoms with E-state index in [9.17, 15) is 14.7 Å². The first-order chi connectivity index (χ1) is 11.4. The van der Waals surface area contributed by atoms with Crippen molar-refractivity contribution in [3.8, 4) is 0 Å². The SMILES string of the molecule is Cc1ccc([S@+]([O-])N=Cc2cc([N+](=O)[O-])ccc2SC(C)C)cc1. The lowest BCUT2D eigenvalue weighted by molar-refractivity contribution is -0.384. The van der Waals surface area contributed by atoms with Crippen LogP contribution in [0.2, 0.25) is 0 Å².